The molecule has 3 rings (SSSR count). The fraction of sp³-hybridized carbons (Fsp3) is 0.167. The third kappa shape index (κ3) is 1.48. The molecule has 0 saturated carbocycles. The second-order valence-corrected chi connectivity index (χ2v) is 3.31. The van der Waals surface area contributed by atoms with Crippen LogP contribution in [-0.2, 0) is 9.47 Å². The summed E-state index contributed by atoms with van der Waals surface area (Å²) in [5.41, 5.74) is 0. The van der Waals surface area contributed by atoms with E-state index in [4.69, 9.17) is 18.3 Å². The van der Waals surface area contributed by atoms with E-state index in [0.717, 1.165) is 0 Å². The van der Waals surface area contributed by atoms with E-state index in [0.29, 0.717) is 36.3 Å². The normalized spacial score (nSPS) is 15.8. The van der Waals surface area contributed by atoms with E-state index >= 15 is 0 Å². The monoisotopic (exact) mass is 218 g/mol. The Balaban J connectivity index is 2.09. The summed E-state index contributed by atoms with van der Waals surface area (Å²) < 4.78 is 21.7. The van der Waals surface area contributed by atoms with E-state index in [9.17, 15) is 0 Å². The molecule has 16 heavy (non-hydrogen) atoms. The van der Waals surface area contributed by atoms with Crippen LogP contribution in [0.3, 0.4) is 0 Å². The molecule has 0 aliphatic carbocycles. The van der Waals surface area contributed by atoms with Gasteiger partial charge in [0.15, 0.2) is 11.5 Å². The van der Waals surface area contributed by atoms with Gasteiger partial charge in [0.2, 0.25) is 11.5 Å². The van der Waals surface area contributed by atoms with Crippen molar-refractivity contribution in [2.24, 2.45) is 0 Å². The average molecular weight is 218 g/mol. The maximum atomic E-state index is 5.56. The summed E-state index contributed by atoms with van der Waals surface area (Å²) >= 11 is 0. The summed E-state index contributed by atoms with van der Waals surface area (Å²) in [7, 11) is 0. The van der Waals surface area contributed by atoms with Gasteiger partial charge in [-0.3, -0.25) is 0 Å². The Morgan fingerprint density at radius 1 is 0.750 bits per heavy atom. The molecule has 0 spiro atoms. The minimum absolute atomic E-state index is 0.514. The van der Waals surface area contributed by atoms with Gasteiger partial charge in [0.05, 0.1) is 12.5 Å². The van der Waals surface area contributed by atoms with Crippen LogP contribution in [0.15, 0.2) is 45.6 Å². The summed E-state index contributed by atoms with van der Waals surface area (Å²) in [4.78, 5) is 0. The van der Waals surface area contributed by atoms with Crippen molar-refractivity contribution < 1.29 is 18.3 Å². The van der Waals surface area contributed by atoms with Crippen molar-refractivity contribution in [2.45, 2.75) is 0 Å². The van der Waals surface area contributed by atoms with Gasteiger partial charge in [-0.2, -0.15) is 0 Å². The molecule has 2 aromatic rings. The van der Waals surface area contributed by atoms with Gasteiger partial charge in [0, 0.05) is 0 Å². The molecule has 2 aromatic heterocycles. The molecule has 1 aliphatic heterocycles. The number of ether oxygens (including phenoxy) is 2. The van der Waals surface area contributed by atoms with Crippen LogP contribution < -0.4 is 0 Å². The van der Waals surface area contributed by atoms with Crippen molar-refractivity contribution >= 4 is 11.5 Å². The van der Waals surface area contributed by atoms with Gasteiger partial charge in [-0.1, -0.05) is 0 Å². The van der Waals surface area contributed by atoms with E-state index in [2.05, 4.69) is 0 Å². The van der Waals surface area contributed by atoms with Gasteiger partial charge in [-0.25, -0.2) is 0 Å². The number of hydrogen-bond donors (Lipinski definition) is 0. The first kappa shape index (κ1) is 9.15. The van der Waals surface area contributed by atoms with Gasteiger partial charge >= 0.3 is 0 Å². The molecule has 0 N–H and O–H groups in total. The highest BCUT2D eigenvalue weighted by molar-refractivity contribution is 5.80. The molecule has 0 atom stereocenters. The summed E-state index contributed by atoms with van der Waals surface area (Å²) in [6.45, 7) is 1.03. The molecule has 3 heterocycles. The quantitative estimate of drug-likeness (QED) is 0.777. The van der Waals surface area contributed by atoms with Crippen LogP contribution in [0.2, 0.25) is 0 Å². The van der Waals surface area contributed by atoms with Crippen LogP contribution in [0.25, 0.3) is 11.5 Å². The number of furan rings is 2. The Bertz CT molecular complexity index is 433. The third-order valence-electron chi connectivity index (χ3n) is 2.27. The number of hydrogen-bond acceptors (Lipinski definition) is 4. The topological polar surface area (TPSA) is 44.7 Å². The molecular formula is C12H10O4. The van der Waals surface area contributed by atoms with Crippen LogP contribution in [0, 0.1) is 0 Å². The molecular weight excluding hydrogens is 208 g/mol. The zero-order chi connectivity index (χ0) is 10.8. The minimum Gasteiger partial charge on any atom is -0.483 e. The highest BCUT2D eigenvalue weighted by Crippen LogP contribution is 2.31. The lowest BCUT2D eigenvalue weighted by Crippen LogP contribution is -2.12. The largest absolute Gasteiger partial charge is 0.483 e. The lowest BCUT2D eigenvalue weighted by Gasteiger charge is -2.19. The highest BCUT2D eigenvalue weighted by Gasteiger charge is 2.22. The molecule has 4 nitrogen and oxygen atoms in total. The molecule has 0 saturated heterocycles. The zero-order valence-corrected chi connectivity index (χ0v) is 8.51. The predicted molar refractivity (Wildman–Crippen MR) is 56.1 cm³/mol. The van der Waals surface area contributed by atoms with E-state index in [1.807, 2.05) is 12.1 Å². The molecule has 82 valence electrons. The van der Waals surface area contributed by atoms with Crippen molar-refractivity contribution in [1.82, 2.24) is 0 Å². The van der Waals surface area contributed by atoms with E-state index in [1.165, 1.54) is 0 Å². The van der Waals surface area contributed by atoms with Gasteiger partial charge in [-0.15, -0.1) is 0 Å². The predicted octanol–water partition coefficient (Wildman–Crippen LogP) is 2.75. The first-order valence-corrected chi connectivity index (χ1v) is 5.03. The maximum Gasteiger partial charge on any atom is 0.208 e. The molecule has 0 radical (unpaired) electrons. The average Bonchev–Trinajstić information content (AvgIpc) is 3.03. The minimum atomic E-state index is 0.514. The number of rotatable bonds is 2. The highest BCUT2D eigenvalue weighted by atomic mass is 16.6. The molecule has 0 fully saturated rings. The van der Waals surface area contributed by atoms with Crippen molar-refractivity contribution in [3.8, 4) is 0 Å². The second-order valence-electron chi connectivity index (χ2n) is 3.31. The zero-order valence-electron chi connectivity index (χ0n) is 8.51. The first-order valence-electron chi connectivity index (χ1n) is 5.03. The van der Waals surface area contributed by atoms with Crippen LogP contribution >= 0.6 is 0 Å². The van der Waals surface area contributed by atoms with Crippen LogP contribution in [0.4, 0.5) is 0 Å². The Labute approximate surface area is 92.1 Å². The van der Waals surface area contributed by atoms with Gasteiger partial charge < -0.3 is 18.3 Å². The summed E-state index contributed by atoms with van der Waals surface area (Å²) in [5, 5.41) is 0. The fourth-order valence-electron chi connectivity index (χ4n) is 1.60. The van der Waals surface area contributed by atoms with Crippen LogP contribution in [-0.4, -0.2) is 13.2 Å². The summed E-state index contributed by atoms with van der Waals surface area (Å²) in [5.74, 6) is 2.47. The van der Waals surface area contributed by atoms with E-state index in [1.54, 1.807) is 24.7 Å². The summed E-state index contributed by atoms with van der Waals surface area (Å²) in [6.07, 6.45) is 3.19. The SMILES string of the molecule is c1coc(C2=C(c3ccco3)OCCO2)c1. The van der Waals surface area contributed by atoms with E-state index in [-0.39, 0.29) is 0 Å². The molecule has 0 bridgehead atoms. The Hall–Kier alpha value is -2.10. The maximum absolute atomic E-state index is 5.56. The van der Waals surface area contributed by atoms with Gasteiger partial charge in [0.1, 0.15) is 13.2 Å². The van der Waals surface area contributed by atoms with Gasteiger partial charge in [-0.05, 0) is 24.3 Å². The van der Waals surface area contributed by atoms with Crippen molar-refractivity contribution in [3.05, 3.63) is 48.3 Å². The molecule has 1 aliphatic rings. The molecule has 0 unspecified atom stereocenters. The molecule has 4 heteroatoms. The fourth-order valence-corrected chi connectivity index (χ4v) is 1.60. The van der Waals surface area contributed by atoms with Crippen molar-refractivity contribution in [3.63, 3.8) is 0 Å². The first-order chi connectivity index (χ1) is 7.95. The van der Waals surface area contributed by atoms with E-state index < -0.39 is 0 Å². The Kier molecular flexibility index (Phi) is 2.18. The standard InChI is InChI=1S/C12H10O4/c1-3-9(13-5-1)11-12(16-8-7-15-11)10-4-2-6-14-10/h1-6H,7-8H2. The second kappa shape index (κ2) is 3.81. The summed E-state index contributed by atoms with van der Waals surface area (Å²) in [6, 6.07) is 7.26. The van der Waals surface area contributed by atoms with Crippen LogP contribution in [0.5, 0.6) is 0 Å². The molecule has 0 amide bonds. The van der Waals surface area contributed by atoms with Crippen molar-refractivity contribution in [1.29, 1.82) is 0 Å². The molecule has 0 aromatic carbocycles. The van der Waals surface area contributed by atoms with Crippen molar-refractivity contribution in [2.75, 3.05) is 13.2 Å². The lowest BCUT2D eigenvalue weighted by atomic mass is 10.2. The van der Waals surface area contributed by atoms with Gasteiger partial charge in [0.25, 0.3) is 0 Å². The van der Waals surface area contributed by atoms with Crippen LogP contribution in [0.1, 0.15) is 11.5 Å². The Morgan fingerprint density at radius 3 is 1.62 bits per heavy atom. The lowest BCUT2D eigenvalue weighted by molar-refractivity contribution is 0.136. The Morgan fingerprint density at radius 2 is 1.25 bits per heavy atom. The smallest absolute Gasteiger partial charge is 0.208 e. The third-order valence-corrected chi connectivity index (χ3v) is 2.27.